The molecule has 8 heteroatoms. The van der Waals surface area contributed by atoms with Crippen LogP contribution in [0.25, 0.3) is 5.69 Å². The molecule has 0 aliphatic carbocycles. The van der Waals surface area contributed by atoms with Crippen molar-refractivity contribution < 1.29 is 9.47 Å². The summed E-state index contributed by atoms with van der Waals surface area (Å²) in [6.45, 7) is 14.5. The molecule has 1 aromatic heterocycles. The number of halogens is 1. The van der Waals surface area contributed by atoms with Gasteiger partial charge in [0.25, 0.3) is 0 Å². The molecule has 0 bridgehead atoms. The first-order valence-corrected chi connectivity index (χ1v) is 10.7. The van der Waals surface area contributed by atoms with E-state index in [0.717, 1.165) is 24.2 Å². The zero-order chi connectivity index (χ0) is 22.5. The van der Waals surface area contributed by atoms with Crippen molar-refractivity contribution in [2.45, 2.75) is 60.0 Å². The minimum absolute atomic E-state index is 0. The summed E-state index contributed by atoms with van der Waals surface area (Å²) in [5, 5.41) is 15.5. The van der Waals surface area contributed by atoms with Crippen LogP contribution in [0.2, 0.25) is 0 Å². The maximum atomic E-state index is 6.04. The Morgan fingerprint density at radius 1 is 0.969 bits per heavy atom. The number of ether oxygens (including phenoxy) is 2. The average Bonchev–Trinajstić information content (AvgIpc) is 3.15. The number of nitrogens with zero attached hydrogens (tertiary/aromatic N) is 4. The molecule has 1 heterocycles. The van der Waals surface area contributed by atoms with Gasteiger partial charge in [0.2, 0.25) is 0 Å². The molecule has 0 aliphatic heterocycles. The molecule has 1 N–H and O–H groups in total. The van der Waals surface area contributed by atoms with E-state index in [4.69, 9.17) is 9.47 Å². The van der Waals surface area contributed by atoms with Gasteiger partial charge in [0, 0.05) is 12.1 Å². The lowest BCUT2D eigenvalue weighted by molar-refractivity contribution is 0.240. The van der Waals surface area contributed by atoms with Crippen LogP contribution >= 0.6 is 12.4 Å². The van der Waals surface area contributed by atoms with Crippen molar-refractivity contribution in [3.63, 3.8) is 0 Å². The predicted octanol–water partition coefficient (Wildman–Crippen LogP) is 5.58. The summed E-state index contributed by atoms with van der Waals surface area (Å²) in [5.41, 5.74) is 2.23. The average molecular weight is 460 g/mol. The molecule has 0 saturated heterocycles. The van der Waals surface area contributed by atoms with E-state index < -0.39 is 0 Å². The summed E-state index contributed by atoms with van der Waals surface area (Å²) in [7, 11) is 0. The van der Waals surface area contributed by atoms with Crippen molar-refractivity contribution in [1.82, 2.24) is 25.5 Å². The highest BCUT2D eigenvalue weighted by Crippen LogP contribution is 2.33. The van der Waals surface area contributed by atoms with Gasteiger partial charge in [-0.1, -0.05) is 50.1 Å². The molecule has 0 fully saturated rings. The van der Waals surface area contributed by atoms with Crippen LogP contribution in [0.4, 0.5) is 0 Å². The van der Waals surface area contributed by atoms with Gasteiger partial charge in [0.05, 0.1) is 12.3 Å². The standard InChI is InChI=1S/C24H33N5O2.ClH/c1-7-30-21-15-18(16-25-24(5,6)17-23(2,3)4)13-14-20(21)31-22-26-27-28-29(22)19-11-9-8-10-12-19;/h8-15,25H,7,16-17H2,1-6H3;1H. The van der Waals surface area contributed by atoms with Crippen LogP contribution in [0.3, 0.4) is 0 Å². The van der Waals surface area contributed by atoms with E-state index in [1.165, 1.54) is 0 Å². The van der Waals surface area contributed by atoms with Crippen molar-refractivity contribution in [1.29, 1.82) is 0 Å². The van der Waals surface area contributed by atoms with Gasteiger partial charge in [-0.2, -0.15) is 4.68 Å². The number of hydrogen-bond acceptors (Lipinski definition) is 6. The smallest absolute Gasteiger partial charge is 0.346 e. The highest BCUT2D eigenvalue weighted by molar-refractivity contribution is 5.85. The van der Waals surface area contributed by atoms with Gasteiger partial charge < -0.3 is 14.8 Å². The van der Waals surface area contributed by atoms with Gasteiger partial charge in [-0.15, -0.1) is 12.4 Å². The Hall–Kier alpha value is -2.64. The molecule has 0 spiro atoms. The van der Waals surface area contributed by atoms with Crippen LogP contribution in [-0.2, 0) is 6.54 Å². The van der Waals surface area contributed by atoms with Gasteiger partial charge >= 0.3 is 6.01 Å². The lowest BCUT2D eigenvalue weighted by atomic mass is 9.82. The van der Waals surface area contributed by atoms with E-state index in [2.05, 4.69) is 55.5 Å². The fourth-order valence-electron chi connectivity index (χ4n) is 3.82. The Labute approximate surface area is 196 Å². The summed E-state index contributed by atoms with van der Waals surface area (Å²) >= 11 is 0. The molecule has 0 amide bonds. The van der Waals surface area contributed by atoms with Gasteiger partial charge in [-0.25, -0.2) is 0 Å². The predicted molar refractivity (Wildman–Crippen MR) is 129 cm³/mol. The monoisotopic (exact) mass is 459 g/mol. The SMILES string of the molecule is CCOc1cc(CNC(C)(C)CC(C)(C)C)ccc1Oc1nnnn1-c1ccccc1.Cl. The second-order valence-corrected chi connectivity index (χ2v) is 9.50. The van der Waals surface area contributed by atoms with Crippen LogP contribution < -0.4 is 14.8 Å². The Kier molecular flexibility index (Phi) is 8.64. The summed E-state index contributed by atoms with van der Waals surface area (Å²) in [5.74, 6) is 1.24. The van der Waals surface area contributed by atoms with Crippen LogP contribution in [0, 0.1) is 5.41 Å². The maximum absolute atomic E-state index is 6.04. The number of tetrazole rings is 1. The fourth-order valence-corrected chi connectivity index (χ4v) is 3.82. The molecular formula is C24H34ClN5O2. The summed E-state index contributed by atoms with van der Waals surface area (Å²) in [6, 6.07) is 15.9. The highest BCUT2D eigenvalue weighted by Gasteiger charge is 2.25. The quantitative estimate of drug-likeness (QED) is 0.450. The number of nitrogens with one attached hydrogen (secondary N) is 1. The van der Waals surface area contributed by atoms with Crippen molar-refractivity contribution in [3.8, 4) is 23.2 Å². The molecule has 0 saturated carbocycles. The van der Waals surface area contributed by atoms with E-state index in [-0.39, 0.29) is 29.4 Å². The first-order valence-electron chi connectivity index (χ1n) is 10.7. The molecule has 3 aromatic rings. The maximum Gasteiger partial charge on any atom is 0.346 e. The summed E-state index contributed by atoms with van der Waals surface area (Å²) in [6.07, 6.45) is 1.07. The second-order valence-electron chi connectivity index (χ2n) is 9.50. The van der Waals surface area contributed by atoms with E-state index in [1.54, 1.807) is 4.68 Å². The van der Waals surface area contributed by atoms with Crippen molar-refractivity contribution >= 4 is 12.4 Å². The topological polar surface area (TPSA) is 74.1 Å². The van der Waals surface area contributed by atoms with Gasteiger partial charge in [-0.05, 0) is 72.9 Å². The number of aromatic nitrogens is 4. The Morgan fingerprint density at radius 2 is 1.69 bits per heavy atom. The third kappa shape index (κ3) is 7.21. The van der Waals surface area contributed by atoms with Crippen LogP contribution in [0.15, 0.2) is 48.5 Å². The van der Waals surface area contributed by atoms with Crippen molar-refractivity contribution in [2.75, 3.05) is 6.61 Å². The van der Waals surface area contributed by atoms with Gasteiger partial charge in [0.1, 0.15) is 0 Å². The first-order chi connectivity index (χ1) is 14.7. The number of para-hydroxylation sites is 1. The van der Waals surface area contributed by atoms with Gasteiger partial charge in [-0.3, -0.25) is 0 Å². The largest absolute Gasteiger partial charge is 0.490 e. The van der Waals surface area contributed by atoms with E-state index >= 15 is 0 Å². The Morgan fingerprint density at radius 3 is 2.34 bits per heavy atom. The molecule has 0 unspecified atom stereocenters. The minimum Gasteiger partial charge on any atom is -0.490 e. The molecular weight excluding hydrogens is 426 g/mol. The fraction of sp³-hybridized carbons (Fsp3) is 0.458. The third-order valence-electron chi connectivity index (χ3n) is 4.69. The van der Waals surface area contributed by atoms with E-state index in [0.29, 0.717) is 18.1 Å². The third-order valence-corrected chi connectivity index (χ3v) is 4.69. The summed E-state index contributed by atoms with van der Waals surface area (Å²) in [4.78, 5) is 0. The lowest BCUT2D eigenvalue weighted by Gasteiger charge is -2.33. The number of hydrogen-bond donors (Lipinski definition) is 1. The Bertz CT molecular complexity index is 984. The molecule has 32 heavy (non-hydrogen) atoms. The van der Waals surface area contributed by atoms with Crippen LogP contribution in [0.5, 0.6) is 17.5 Å². The molecule has 3 rings (SSSR count). The molecule has 0 aliphatic rings. The van der Waals surface area contributed by atoms with Gasteiger partial charge in [0.15, 0.2) is 11.5 Å². The minimum atomic E-state index is 0. The van der Waals surface area contributed by atoms with E-state index in [1.807, 2.05) is 55.5 Å². The normalized spacial score (nSPS) is 11.7. The first kappa shape index (κ1) is 25.6. The van der Waals surface area contributed by atoms with Crippen LogP contribution in [0.1, 0.15) is 53.5 Å². The molecule has 2 aromatic carbocycles. The second kappa shape index (κ2) is 10.8. The van der Waals surface area contributed by atoms with Crippen molar-refractivity contribution in [3.05, 3.63) is 54.1 Å². The zero-order valence-corrected chi connectivity index (χ0v) is 20.6. The molecule has 0 radical (unpaired) electrons. The molecule has 174 valence electrons. The van der Waals surface area contributed by atoms with Crippen LogP contribution in [-0.4, -0.2) is 32.4 Å². The zero-order valence-electron chi connectivity index (χ0n) is 19.8. The highest BCUT2D eigenvalue weighted by atomic mass is 35.5. The van der Waals surface area contributed by atoms with E-state index in [9.17, 15) is 0 Å². The Balaban J connectivity index is 0.00000363. The summed E-state index contributed by atoms with van der Waals surface area (Å²) < 4.78 is 13.4. The molecule has 0 atom stereocenters. The number of benzene rings is 2. The molecule has 7 nitrogen and oxygen atoms in total. The van der Waals surface area contributed by atoms with Crippen molar-refractivity contribution in [2.24, 2.45) is 5.41 Å². The lowest BCUT2D eigenvalue weighted by Crippen LogP contribution is -2.41. The number of rotatable bonds is 9.